The maximum absolute atomic E-state index is 9.92. The molecule has 23 heavy (non-hydrogen) atoms. The molecule has 3 aromatic rings. The Morgan fingerprint density at radius 3 is 1.30 bits per heavy atom. The van der Waals surface area contributed by atoms with E-state index in [1.54, 1.807) is 12.1 Å². The Morgan fingerprint density at radius 1 is 0.478 bits per heavy atom. The third-order valence-corrected chi connectivity index (χ3v) is 3.50. The molecule has 1 N–H and O–H groups in total. The van der Waals surface area contributed by atoms with Crippen LogP contribution in [0.15, 0.2) is 78.9 Å². The van der Waals surface area contributed by atoms with Gasteiger partial charge < -0.3 is 5.11 Å². The molecule has 0 aromatic heterocycles. The van der Waals surface area contributed by atoms with E-state index < -0.39 is 0 Å². The number of hydrogen-bond donors (Lipinski definition) is 1. The molecule has 0 bridgehead atoms. The predicted molar refractivity (Wildman–Crippen MR) is 98.8 cm³/mol. The lowest BCUT2D eigenvalue weighted by molar-refractivity contribution is 0.475. The number of phenols is 1. The van der Waals surface area contributed by atoms with Crippen LogP contribution in [0.25, 0.3) is 24.3 Å². The lowest BCUT2D eigenvalue weighted by atomic mass is 10.1. The Balaban J connectivity index is 1.82. The number of rotatable bonds is 4. The standard InChI is InChI=1S/C22H18O/c23-22-16-20(13-11-18-7-3-1-4-8-18)15-21(17-22)14-12-19-9-5-2-6-10-19/h1-17,23H/b13-11+,14-12+. The van der Waals surface area contributed by atoms with E-state index in [1.165, 1.54) is 0 Å². The second-order valence-electron chi connectivity index (χ2n) is 5.35. The van der Waals surface area contributed by atoms with Crippen molar-refractivity contribution in [2.75, 3.05) is 0 Å². The van der Waals surface area contributed by atoms with Crippen LogP contribution < -0.4 is 0 Å². The van der Waals surface area contributed by atoms with Crippen LogP contribution in [0.2, 0.25) is 0 Å². The molecule has 0 unspecified atom stereocenters. The summed E-state index contributed by atoms with van der Waals surface area (Å²) in [6, 6.07) is 25.8. The highest BCUT2D eigenvalue weighted by Crippen LogP contribution is 2.20. The summed E-state index contributed by atoms with van der Waals surface area (Å²) in [5.74, 6) is 0.271. The van der Waals surface area contributed by atoms with Gasteiger partial charge in [-0.15, -0.1) is 0 Å². The maximum atomic E-state index is 9.92. The molecule has 0 heterocycles. The predicted octanol–water partition coefficient (Wildman–Crippen LogP) is 5.73. The molecule has 0 fully saturated rings. The fourth-order valence-electron chi connectivity index (χ4n) is 2.36. The van der Waals surface area contributed by atoms with E-state index >= 15 is 0 Å². The second kappa shape index (κ2) is 7.28. The van der Waals surface area contributed by atoms with Gasteiger partial charge in [-0.1, -0.05) is 85.0 Å². The van der Waals surface area contributed by atoms with E-state index in [0.717, 1.165) is 22.3 Å². The monoisotopic (exact) mass is 298 g/mol. The van der Waals surface area contributed by atoms with Gasteiger partial charge >= 0.3 is 0 Å². The molecule has 0 aliphatic rings. The third-order valence-electron chi connectivity index (χ3n) is 3.50. The van der Waals surface area contributed by atoms with Crippen LogP contribution >= 0.6 is 0 Å². The van der Waals surface area contributed by atoms with E-state index in [4.69, 9.17) is 0 Å². The summed E-state index contributed by atoms with van der Waals surface area (Å²) in [7, 11) is 0. The van der Waals surface area contributed by atoms with Gasteiger partial charge in [-0.2, -0.15) is 0 Å². The average molecular weight is 298 g/mol. The smallest absolute Gasteiger partial charge is 0.116 e. The molecule has 0 saturated carbocycles. The van der Waals surface area contributed by atoms with E-state index in [-0.39, 0.29) is 5.75 Å². The van der Waals surface area contributed by atoms with Gasteiger partial charge in [-0.05, 0) is 40.5 Å². The first-order valence-corrected chi connectivity index (χ1v) is 7.60. The van der Waals surface area contributed by atoms with Gasteiger partial charge in [0.15, 0.2) is 0 Å². The average Bonchev–Trinajstić information content (AvgIpc) is 2.60. The highest BCUT2D eigenvalue weighted by atomic mass is 16.3. The van der Waals surface area contributed by atoms with Crippen LogP contribution in [0.5, 0.6) is 5.75 Å². The van der Waals surface area contributed by atoms with Crippen LogP contribution in [-0.4, -0.2) is 5.11 Å². The Kier molecular flexibility index (Phi) is 4.70. The highest BCUT2D eigenvalue weighted by Gasteiger charge is 1.96. The molecule has 0 spiro atoms. The van der Waals surface area contributed by atoms with Crippen molar-refractivity contribution in [1.82, 2.24) is 0 Å². The molecule has 0 aliphatic carbocycles. The summed E-state index contributed by atoms with van der Waals surface area (Å²) in [5, 5.41) is 9.92. The van der Waals surface area contributed by atoms with E-state index in [1.807, 2.05) is 60.7 Å². The summed E-state index contributed by atoms with van der Waals surface area (Å²) >= 11 is 0. The van der Waals surface area contributed by atoms with Gasteiger partial charge in [0.1, 0.15) is 5.75 Å². The molecule has 0 saturated heterocycles. The fourth-order valence-corrected chi connectivity index (χ4v) is 2.36. The Morgan fingerprint density at radius 2 is 0.870 bits per heavy atom. The van der Waals surface area contributed by atoms with Crippen molar-refractivity contribution in [3.63, 3.8) is 0 Å². The topological polar surface area (TPSA) is 20.2 Å². The van der Waals surface area contributed by atoms with E-state index in [2.05, 4.69) is 30.3 Å². The first-order valence-electron chi connectivity index (χ1n) is 7.60. The minimum absolute atomic E-state index is 0.271. The zero-order valence-corrected chi connectivity index (χ0v) is 12.8. The van der Waals surface area contributed by atoms with Crippen molar-refractivity contribution >= 4 is 24.3 Å². The first-order chi connectivity index (χ1) is 11.3. The molecule has 1 nitrogen and oxygen atoms in total. The molecule has 0 aliphatic heterocycles. The molecule has 0 radical (unpaired) electrons. The maximum Gasteiger partial charge on any atom is 0.116 e. The lowest BCUT2D eigenvalue weighted by Crippen LogP contribution is -1.78. The minimum Gasteiger partial charge on any atom is -0.508 e. The van der Waals surface area contributed by atoms with E-state index in [9.17, 15) is 5.11 Å². The summed E-state index contributed by atoms with van der Waals surface area (Å²) in [4.78, 5) is 0. The lowest BCUT2D eigenvalue weighted by Gasteiger charge is -2.01. The third kappa shape index (κ3) is 4.45. The van der Waals surface area contributed by atoms with Crippen LogP contribution in [0.4, 0.5) is 0 Å². The van der Waals surface area contributed by atoms with Gasteiger partial charge in [-0.25, -0.2) is 0 Å². The molecule has 3 rings (SSSR count). The molecular formula is C22H18O. The van der Waals surface area contributed by atoms with Crippen molar-refractivity contribution < 1.29 is 5.11 Å². The van der Waals surface area contributed by atoms with Crippen LogP contribution in [0.3, 0.4) is 0 Å². The van der Waals surface area contributed by atoms with Gasteiger partial charge in [0, 0.05) is 0 Å². The van der Waals surface area contributed by atoms with Crippen LogP contribution in [0.1, 0.15) is 22.3 Å². The van der Waals surface area contributed by atoms with Crippen molar-refractivity contribution in [1.29, 1.82) is 0 Å². The van der Waals surface area contributed by atoms with E-state index in [0.29, 0.717) is 0 Å². The molecule has 0 amide bonds. The molecule has 112 valence electrons. The zero-order valence-electron chi connectivity index (χ0n) is 12.8. The minimum atomic E-state index is 0.271. The van der Waals surface area contributed by atoms with Crippen LogP contribution in [-0.2, 0) is 0 Å². The van der Waals surface area contributed by atoms with Crippen molar-refractivity contribution in [3.05, 3.63) is 101 Å². The van der Waals surface area contributed by atoms with Crippen LogP contribution in [0, 0.1) is 0 Å². The fraction of sp³-hybridized carbons (Fsp3) is 0. The SMILES string of the molecule is Oc1cc(/C=C/c2ccccc2)cc(/C=C/c2ccccc2)c1. The van der Waals surface area contributed by atoms with Gasteiger partial charge in [0.25, 0.3) is 0 Å². The van der Waals surface area contributed by atoms with Crippen molar-refractivity contribution in [2.24, 2.45) is 0 Å². The molecule has 0 atom stereocenters. The van der Waals surface area contributed by atoms with Crippen molar-refractivity contribution in [3.8, 4) is 5.75 Å². The normalized spacial score (nSPS) is 11.3. The molecular weight excluding hydrogens is 280 g/mol. The summed E-state index contributed by atoms with van der Waals surface area (Å²) in [5.41, 5.74) is 4.22. The number of phenolic OH excluding ortho intramolecular Hbond substituents is 1. The van der Waals surface area contributed by atoms with Gasteiger partial charge in [0.05, 0.1) is 0 Å². The quantitative estimate of drug-likeness (QED) is 0.609. The zero-order chi connectivity index (χ0) is 15.9. The highest BCUT2D eigenvalue weighted by molar-refractivity contribution is 5.75. The van der Waals surface area contributed by atoms with Gasteiger partial charge in [0.2, 0.25) is 0 Å². The Labute approximate surface area is 136 Å². The Hall–Kier alpha value is -3.06. The summed E-state index contributed by atoms with van der Waals surface area (Å²) < 4.78 is 0. The summed E-state index contributed by atoms with van der Waals surface area (Å²) in [6.45, 7) is 0. The molecule has 3 aromatic carbocycles. The van der Waals surface area contributed by atoms with Gasteiger partial charge in [-0.3, -0.25) is 0 Å². The number of aromatic hydroxyl groups is 1. The first kappa shape index (κ1) is 14.9. The number of hydrogen-bond acceptors (Lipinski definition) is 1. The van der Waals surface area contributed by atoms with Crippen molar-refractivity contribution in [2.45, 2.75) is 0 Å². The number of benzene rings is 3. The molecule has 1 heteroatoms. The second-order valence-corrected chi connectivity index (χ2v) is 5.35. The largest absolute Gasteiger partial charge is 0.508 e. The summed E-state index contributed by atoms with van der Waals surface area (Å²) in [6.07, 6.45) is 8.10. The Bertz CT molecular complexity index is 747.